The van der Waals surface area contributed by atoms with Crippen molar-refractivity contribution in [3.05, 3.63) is 54.1 Å². The van der Waals surface area contributed by atoms with Crippen LogP contribution in [0.15, 0.2) is 53.4 Å². The van der Waals surface area contributed by atoms with E-state index in [1.165, 1.54) is 17.3 Å². The minimum absolute atomic E-state index is 0.0106. The Kier molecular flexibility index (Phi) is 6.76. The monoisotopic (exact) mass is 384 g/mol. The Labute approximate surface area is 164 Å². The van der Waals surface area contributed by atoms with Gasteiger partial charge in [-0.25, -0.2) is 0 Å². The molecular weight excluding hydrogens is 360 g/mol. The molecule has 0 bridgehead atoms. The third-order valence-electron chi connectivity index (χ3n) is 4.33. The van der Waals surface area contributed by atoms with E-state index < -0.39 is 0 Å². The molecule has 6 heteroatoms. The van der Waals surface area contributed by atoms with Crippen LogP contribution in [0.5, 0.6) is 5.75 Å². The second-order valence-electron chi connectivity index (χ2n) is 6.55. The van der Waals surface area contributed by atoms with E-state index in [2.05, 4.69) is 5.32 Å². The zero-order chi connectivity index (χ0) is 19.1. The number of nitrogens with one attached hydrogen (secondary N) is 1. The lowest BCUT2D eigenvalue weighted by Crippen LogP contribution is -2.32. The van der Waals surface area contributed by atoms with Crippen molar-refractivity contribution in [3.8, 4) is 5.75 Å². The van der Waals surface area contributed by atoms with Gasteiger partial charge in [-0.2, -0.15) is 0 Å². The molecule has 142 valence electrons. The molecule has 2 aromatic rings. The van der Waals surface area contributed by atoms with E-state index >= 15 is 0 Å². The minimum Gasteiger partial charge on any atom is -0.484 e. The Bertz CT molecular complexity index is 786. The van der Waals surface area contributed by atoms with E-state index in [9.17, 15) is 9.59 Å². The van der Waals surface area contributed by atoms with Gasteiger partial charge in [0.2, 0.25) is 5.91 Å². The molecule has 1 heterocycles. The molecule has 0 saturated carbocycles. The lowest BCUT2D eigenvalue weighted by molar-refractivity contribution is -0.132. The van der Waals surface area contributed by atoms with E-state index in [0.29, 0.717) is 17.2 Å². The largest absolute Gasteiger partial charge is 0.484 e. The summed E-state index contributed by atoms with van der Waals surface area (Å²) < 4.78 is 5.60. The second-order valence-corrected chi connectivity index (χ2v) is 7.60. The number of anilines is 1. The van der Waals surface area contributed by atoms with Crippen LogP contribution in [0, 0.1) is 6.92 Å². The summed E-state index contributed by atoms with van der Waals surface area (Å²) in [6.45, 7) is 3.70. The first-order valence-electron chi connectivity index (χ1n) is 9.10. The van der Waals surface area contributed by atoms with Crippen LogP contribution in [-0.2, 0) is 9.59 Å². The average molecular weight is 385 g/mol. The zero-order valence-electron chi connectivity index (χ0n) is 15.4. The number of ether oxygens (including phenoxy) is 1. The van der Waals surface area contributed by atoms with Gasteiger partial charge in [0.1, 0.15) is 5.75 Å². The fraction of sp³-hybridized carbons (Fsp3) is 0.333. The molecule has 5 nitrogen and oxygen atoms in total. The Morgan fingerprint density at radius 1 is 1.11 bits per heavy atom. The van der Waals surface area contributed by atoms with Gasteiger partial charge in [0.25, 0.3) is 5.91 Å². The highest BCUT2D eigenvalue weighted by Gasteiger charge is 2.18. The normalized spacial score (nSPS) is 13.4. The molecule has 1 aliphatic heterocycles. The van der Waals surface area contributed by atoms with Gasteiger partial charge in [-0.05, 0) is 44.0 Å². The van der Waals surface area contributed by atoms with Gasteiger partial charge in [0.15, 0.2) is 6.61 Å². The average Bonchev–Trinajstić information content (AvgIpc) is 3.21. The van der Waals surface area contributed by atoms with E-state index in [0.717, 1.165) is 30.8 Å². The van der Waals surface area contributed by atoms with Crippen LogP contribution in [-0.4, -0.2) is 42.2 Å². The van der Waals surface area contributed by atoms with Crippen molar-refractivity contribution in [1.82, 2.24) is 4.90 Å². The standard InChI is InChI=1S/C21H24N2O3S/c1-16-7-9-19(10-8-16)27-15-20(24)22-17-5-4-6-18(13-17)26-14-21(25)23-11-2-3-12-23/h4-10,13H,2-3,11-12,14-15H2,1H3,(H,22,24). The molecule has 0 aromatic heterocycles. The summed E-state index contributed by atoms with van der Waals surface area (Å²) in [4.78, 5) is 27.1. The maximum atomic E-state index is 12.2. The van der Waals surface area contributed by atoms with Crippen molar-refractivity contribution in [2.45, 2.75) is 24.7 Å². The third kappa shape index (κ3) is 6.03. The molecule has 0 radical (unpaired) electrons. The van der Waals surface area contributed by atoms with Crippen molar-refractivity contribution in [2.24, 2.45) is 0 Å². The number of hydrogen-bond donors (Lipinski definition) is 1. The smallest absolute Gasteiger partial charge is 0.260 e. The molecule has 3 rings (SSSR count). The van der Waals surface area contributed by atoms with Crippen molar-refractivity contribution in [2.75, 3.05) is 30.8 Å². The summed E-state index contributed by atoms with van der Waals surface area (Å²) in [5.74, 6) is 0.843. The first-order valence-corrected chi connectivity index (χ1v) is 10.1. The van der Waals surface area contributed by atoms with Crippen LogP contribution < -0.4 is 10.1 Å². The summed E-state index contributed by atoms with van der Waals surface area (Å²) in [7, 11) is 0. The van der Waals surface area contributed by atoms with Gasteiger partial charge in [-0.1, -0.05) is 23.8 Å². The molecule has 1 fully saturated rings. The molecule has 0 unspecified atom stereocenters. The summed E-state index contributed by atoms with van der Waals surface area (Å²) in [5.41, 5.74) is 1.86. The third-order valence-corrected chi connectivity index (χ3v) is 5.34. The van der Waals surface area contributed by atoms with Crippen LogP contribution in [0.1, 0.15) is 18.4 Å². The highest BCUT2D eigenvalue weighted by molar-refractivity contribution is 8.00. The van der Waals surface area contributed by atoms with Gasteiger partial charge in [0.05, 0.1) is 5.75 Å². The van der Waals surface area contributed by atoms with Crippen molar-refractivity contribution >= 4 is 29.3 Å². The molecule has 1 saturated heterocycles. The highest BCUT2D eigenvalue weighted by Crippen LogP contribution is 2.21. The Morgan fingerprint density at radius 2 is 1.85 bits per heavy atom. The van der Waals surface area contributed by atoms with Gasteiger partial charge in [-0.3, -0.25) is 9.59 Å². The zero-order valence-corrected chi connectivity index (χ0v) is 16.3. The van der Waals surface area contributed by atoms with Crippen molar-refractivity contribution in [1.29, 1.82) is 0 Å². The molecular formula is C21H24N2O3S. The Morgan fingerprint density at radius 3 is 2.59 bits per heavy atom. The van der Waals surface area contributed by atoms with E-state index in [1.54, 1.807) is 18.2 Å². The van der Waals surface area contributed by atoms with Crippen LogP contribution in [0.3, 0.4) is 0 Å². The first kappa shape index (κ1) is 19.3. The Hall–Kier alpha value is -2.47. The number of rotatable bonds is 7. The summed E-state index contributed by atoms with van der Waals surface area (Å²) in [5, 5.41) is 2.87. The summed E-state index contributed by atoms with van der Waals surface area (Å²) in [6, 6.07) is 15.2. The van der Waals surface area contributed by atoms with Crippen LogP contribution in [0.2, 0.25) is 0 Å². The van der Waals surface area contributed by atoms with Gasteiger partial charge in [0, 0.05) is 29.7 Å². The maximum absolute atomic E-state index is 12.2. The summed E-state index contributed by atoms with van der Waals surface area (Å²) in [6.07, 6.45) is 2.13. The number of likely N-dealkylation sites (tertiary alicyclic amines) is 1. The van der Waals surface area contributed by atoms with E-state index in [1.807, 2.05) is 42.2 Å². The van der Waals surface area contributed by atoms with Crippen molar-refractivity contribution < 1.29 is 14.3 Å². The number of nitrogens with zero attached hydrogens (tertiary/aromatic N) is 1. The minimum atomic E-state index is -0.0779. The number of amides is 2. The van der Waals surface area contributed by atoms with Gasteiger partial charge >= 0.3 is 0 Å². The first-order chi connectivity index (χ1) is 13.1. The molecule has 27 heavy (non-hydrogen) atoms. The van der Waals surface area contributed by atoms with Crippen LogP contribution >= 0.6 is 11.8 Å². The number of thioether (sulfide) groups is 1. The van der Waals surface area contributed by atoms with E-state index in [4.69, 9.17) is 4.74 Å². The Balaban J connectivity index is 1.47. The molecule has 2 amide bonds. The topological polar surface area (TPSA) is 58.6 Å². The molecule has 2 aromatic carbocycles. The predicted molar refractivity (Wildman–Crippen MR) is 108 cm³/mol. The van der Waals surface area contributed by atoms with Crippen LogP contribution in [0.25, 0.3) is 0 Å². The SMILES string of the molecule is Cc1ccc(SCC(=O)Nc2cccc(OCC(=O)N3CCCC3)c2)cc1. The molecule has 0 atom stereocenters. The lowest BCUT2D eigenvalue weighted by Gasteiger charge is -2.15. The second kappa shape index (κ2) is 9.46. The predicted octanol–water partition coefficient (Wildman–Crippen LogP) is 3.73. The van der Waals surface area contributed by atoms with Crippen LogP contribution in [0.4, 0.5) is 5.69 Å². The maximum Gasteiger partial charge on any atom is 0.260 e. The molecule has 1 aliphatic rings. The quantitative estimate of drug-likeness (QED) is 0.739. The van der Waals surface area contributed by atoms with Crippen molar-refractivity contribution in [3.63, 3.8) is 0 Å². The molecule has 1 N–H and O–H groups in total. The fourth-order valence-corrected chi connectivity index (χ4v) is 3.55. The number of carbonyl (C=O) groups is 2. The summed E-state index contributed by atoms with van der Waals surface area (Å²) >= 11 is 1.50. The lowest BCUT2D eigenvalue weighted by atomic mass is 10.2. The van der Waals surface area contributed by atoms with Gasteiger partial charge in [-0.15, -0.1) is 11.8 Å². The molecule has 0 spiro atoms. The number of benzene rings is 2. The number of aryl methyl sites for hydroxylation is 1. The van der Waals surface area contributed by atoms with Gasteiger partial charge < -0.3 is 15.0 Å². The molecule has 0 aliphatic carbocycles. The number of hydrogen-bond acceptors (Lipinski definition) is 4. The van der Waals surface area contributed by atoms with E-state index in [-0.39, 0.29) is 18.4 Å². The fourth-order valence-electron chi connectivity index (χ4n) is 2.85. The number of carbonyl (C=O) groups excluding carboxylic acids is 2. The highest BCUT2D eigenvalue weighted by atomic mass is 32.2.